The van der Waals surface area contributed by atoms with Crippen LogP contribution >= 0.6 is 0 Å². The molecule has 0 aliphatic carbocycles. The highest BCUT2D eigenvalue weighted by atomic mass is 32.2. The van der Waals surface area contributed by atoms with Crippen LogP contribution < -0.4 is 10.2 Å². The van der Waals surface area contributed by atoms with Crippen molar-refractivity contribution in [3.63, 3.8) is 0 Å². The van der Waals surface area contributed by atoms with Crippen LogP contribution in [0.1, 0.15) is 41.5 Å². The van der Waals surface area contributed by atoms with Gasteiger partial charge in [0.25, 0.3) is 0 Å². The Bertz CT molecular complexity index is 716. The van der Waals surface area contributed by atoms with Crippen LogP contribution in [0.4, 0.5) is 0 Å². The van der Waals surface area contributed by atoms with Crippen molar-refractivity contribution in [2.24, 2.45) is 0 Å². The molecule has 1 aliphatic heterocycles. The first-order chi connectivity index (χ1) is 11.5. The predicted octanol–water partition coefficient (Wildman–Crippen LogP) is 1.42. The molecule has 0 saturated carbocycles. The van der Waals surface area contributed by atoms with Crippen LogP contribution in [0.25, 0.3) is 0 Å². The second-order valence-corrected chi connectivity index (χ2v) is 8.86. The quantitative estimate of drug-likeness (QED) is 0.705. The van der Waals surface area contributed by atoms with Crippen molar-refractivity contribution in [2.75, 3.05) is 20.2 Å². The number of hydrogen-bond donors (Lipinski definition) is 0. The summed E-state index contributed by atoms with van der Waals surface area (Å²) in [6.45, 7) is 12.1. The van der Waals surface area contributed by atoms with E-state index >= 15 is 0 Å². The molecule has 0 aromatic carbocycles. The minimum atomic E-state index is -3.72. The highest BCUT2D eigenvalue weighted by Crippen LogP contribution is 2.36. The highest BCUT2D eigenvalue weighted by molar-refractivity contribution is 7.89. The van der Waals surface area contributed by atoms with Crippen molar-refractivity contribution in [2.45, 2.75) is 57.6 Å². The lowest BCUT2D eigenvalue weighted by Gasteiger charge is -2.32. The van der Waals surface area contributed by atoms with Crippen molar-refractivity contribution in [3.8, 4) is 5.88 Å². The zero-order valence-corrected chi connectivity index (χ0v) is 16.8. The molecule has 0 amide bonds. The number of pyridine rings is 1. The molecule has 0 atom stereocenters. The van der Waals surface area contributed by atoms with Crippen LogP contribution in [0.15, 0.2) is 17.2 Å². The highest BCUT2D eigenvalue weighted by Gasteiger charge is 2.52. The molecule has 0 unspecified atom stereocenters. The molecule has 1 saturated heterocycles. The molecular weight excluding hydrogens is 343 g/mol. The van der Waals surface area contributed by atoms with Gasteiger partial charge >= 0.3 is 7.12 Å². The molecule has 140 valence electrons. The summed E-state index contributed by atoms with van der Waals surface area (Å²) in [6, 6.07) is 1.53. The lowest BCUT2D eigenvalue weighted by atomic mass is 9.80. The molecule has 25 heavy (non-hydrogen) atoms. The second-order valence-electron chi connectivity index (χ2n) is 6.95. The molecule has 1 aromatic rings. The van der Waals surface area contributed by atoms with E-state index in [9.17, 15) is 8.42 Å². The first kappa shape index (κ1) is 20.2. The van der Waals surface area contributed by atoms with Gasteiger partial charge in [0.05, 0.1) is 18.3 Å². The summed E-state index contributed by atoms with van der Waals surface area (Å²) in [5.41, 5.74) is -0.490. The van der Waals surface area contributed by atoms with Crippen molar-refractivity contribution < 1.29 is 22.5 Å². The van der Waals surface area contributed by atoms with Gasteiger partial charge in [-0.05, 0) is 33.8 Å². The molecule has 9 heteroatoms. The molecule has 2 heterocycles. The van der Waals surface area contributed by atoms with Crippen LogP contribution in [-0.4, -0.2) is 56.2 Å². The van der Waals surface area contributed by atoms with Gasteiger partial charge in [-0.1, -0.05) is 13.8 Å². The molecule has 0 bridgehead atoms. The maximum absolute atomic E-state index is 12.9. The van der Waals surface area contributed by atoms with Crippen LogP contribution in [0.3, 0.4) is 0 Å². The van der Waals surface area contributed by atoms with Gasteiger partial charge in [-0.2, -0.15) is 4.31 Å². The van der Waals surface area contributed by atoms with Crippen molar-refractivity contribution in [3.05, 3.63) is 12.3 Å². The molecule has 7 nitrogen and oxygen atoms in total. The van der Waals surface area contributed by atoms with Gasteiger partial charge < -0.3 is 14.0 Å². The average molecular weight is 370 g/mol. The Morgan fingerprint density at radius 1 is 1.16 bits per heavy atom. The van der Waals surface area contributed by atoms with Gasteiger partial charge in [0.15, 0.2) is 0 Å². The Morgan fingerprint density at radius 2 is 1.68 bits per heavy atom. The van der Waals surface area contributed by atoms with E-state index in [0.717, 1.165) is 0 Å². The SMILES string of the molecule is CCN(CC)S(=O)(=O)c1cc(B2OC(C)(C)C(C)(C)O2)cnc1OC. The normalized spacial score (nSPS) is 19.4. The van der Waals surface area contributed by atoms with Crippen LogP contribution in [0.5, 0.6) is 5.88 Å². The molecular formula is C16H27BN2O5S. The summed E-state index contributed by atoms with van der Waals surface area (Å²) in [5, 5.41) is 0. The first-order valence-electron chi connectivity index (χ1n) is 8.40. The molecule has 0 N–H and O–H groups in total. The van der Waals surface area contributed by atoms with E-state index in [1.54, 1.807) is 13.8 Å². The zero-order chi connectivity index (χ0) is 19.0. The molecule has 1 fully saturated rings. The summed E-state index contributed by atoms with van der Waals surface area (Å²) in [4.78, 5) is 4.19. The lowest BCUT2D eigenvalue weighted by Crippen LogP contribution is -2.41. The minimum absolute atomic E-state index is 0.0194. The summed E-state index contributed by atoms with van der Waals surface area (Å²) < 4.78 is 44.4. The fourth-order valence-electron chi connectivity index (χ4n) is 2.60. The number of rotatable bonds is 6. The lowest BCUT2D eigenvalue weighted by molar-refractivity contribution is 0.00578. The maximum atomic E-state index is 12.9. The molecule has 0 radical (unpaired) electrons. The van der Waals surface area contributed by atoms with Gasteiger partial charge in [0.1, 0.15) is 4.90 Å². The van der Waals surface area contributed by atoms with E-state index in [4.69, 9.17) is 14.0 Å². The van der Waals surface area contributed by atoms with E-state index in [1.807, 2.05) is 27.7 Å². The number of sulfonamides is 1. The first-order valence-corrected chi connectivity index (χ1v) is 9.84. The van der Waals surface area contributed by atoms with E-state index in [0.29, 0.717) is 18.6 Å². The van der Waals surface area contributed by atoms with E-state index in [2.05, 4.69) is 4.98 Å². The van der Waals surface area contributed by atoms with Crippen LogP contribution in [-0.2, 0) is 19.3 Å². The molecule has 2 rings (SSSR count). The maximum Gasteiger partial charge on any atom is 0.496 e. The third-order valence-electron chi connectivity index (χ3n) is 4.88. The Morgan fingerprint density at radius 3 is 2.12 bits per heavy atom. The fourth-order valence-corrected chi connectivity index (χ4v) is 4.20. The summed E-state index contributed by atoms with van der Waals surface area (Å²) >= 11 is 0. The topological polar surface area (TPSA) is 78.0 Å². The summed E-state index contributed by atoms with van der Waals surface area (Å²) in [5.74, 6) is 0.0622. The van der Waals surface area contributed by atoms with Crippen LogP contribution in [0, 0.1) is 0 Å². The van der Waals surface area contributed by atoms with E-state index < -0.39 is 28.3 Å². The van der Waals surface area contributed by atoms with Gasteiger partial charge in [-0.3, -0.25) is 0 Å². The van der Waals surface area contributed by atoms with E-state index in [1.165, 1.54) is 23.7 Å². The van der Waals surface area contributed by atoms with Crippen molar-refractivity contribution >= 4 is 22.6 Å². The smallest absolute Gasteiger partial charge is 0.480 e. The Balaban J connectivity index is 2.49. The Kier molecular flexibility index (Phi) is 5.54. The molecule has 1 aromatic heterocycles. The van der Waals surface area contributed by atoms with Gasteiger partial charge in [-0.25, -0.2) is 13.4 Å². The van der Waals surface area contributed by atoms with Crippen molar-refractivity contribution in [1.82, 2.24) is 9.29 Å². The molecule has 1 aliphatic rings. The number of ether oxygens (including phenoxy) is 1. The Labute approximate surface area is 150 Å². The van der Waals surface area contributed by atoms with E-state index in [-0.39, 0.29) is 10.8 Å². The van der Waals surface area contributed by atoms with Crippen LogP contribution in [0.2, 0.25) is 0 Å². The number of methoxy groups -OCH3 is 1. The fraction of sp³-hybridized carbons (Fsp3) is 0.688. The summed E-state index contributed by atoms with van der Waals surface area (Å²) in [6.07, 6.45) is 1.53. The largest absolute Gasteiger partial charge is 0.496 e. The second kappa shape index (κ2) is 6.87. The third-order valence-corrected chi connectivity index (χ3v) is 6.93. The predicted molar refractivity (Wildman–Crippen MR) is 96.6 cm³/mol. The number of hydrogen-bond acceptors (Lipinski definition) is 6. The zero-order valence-electron chi connectivity index (χ0n) is 16.0. The monoisotopic (exact) mass is 370 g/mol. The van der Waals surface area contributed by atoms with Crippen molar-refractivity contribution in [1.29, 1.82) is 0 Å². The van der Waals surface area contributed by atoms with Gasteiger partial charge in [0.2, 0.25) is 15.9 Å². The minimum Gasteiger partial charge on any atom is -0.480 e. The molecule has 0 spiro atoms. The van der Waals surface area contributed by atoms with Gasteiger partial charge in [0, 0.05) is 24.7 Å². The summed E-state index contributed by atoms with van der Waals surface area (Å²) in [7, 11) is -3.00. The standard InChI is InChI=1S/C16H27BN2O5S/c1-8-19(9-2)25(20,21)13-10-12(11-18-14(13)22-7)17-23-15(3,4)16(5,6)24-17/h10-11H,8-9H2,1-7H3. The number of nitrogens with zero attached hydrogens (tertiary/aromatic N) is 2. The number of aromatic nitrogens is 1. The van der Waals surface area contributed by atoms with Gasteiger partial charge in [-0.15, -0.1) is 0 Å². The third kappa shape index (κ3) is 3.55. The average Bonchev–Trinajstić information content (AvgIpc) is 2.75. The Hall–Kier alpha value is -1.16.